The van der Waals surface area contributed by atoms with Crippen LogP contribution in [0.1, 0.15) is 34.1 Å². The first kappa shape index (κ1) is 15.2. The molecule has 1 aromatic carbocycles. The van der Waals surface area contributed by atoms with Crippen LogP contribution in [0.25, 0.3) is 0 Å². The first-order chi connectivity index (χ1) is 9.56. The summed E-state index contributed by atoms with van der Waals surface area (Å²) in [6.45, 7) is 7.11. The predicted molar refractivity (Wildman–Crippen MR) is 86.1 cm³/mol. The lowest BCUT2D eigenvalue weighted by Gasteiger charge is -2.17. The Kier molecular flexibility index (Phi) is 5.29. The third kappa shape index (κ3) is 4.13. The van der Waals surface area contributed by atoms with Gasteiger partial charge in [0.2, 0.25) is 0 Å². The van der Waals surface area contributed by atoms with Crippen molar-refractivity contribution >= 4 is 11.3 Å². The molecule has 1 aromatic heterocycles. The zero-order valence-corrected chi connectivity index (χ0v) is 13.2. The molecule has 2 rings (SSSR count). The lowest BCUT2D eigenvalue weighted by atomic mass is 10.1. The van der Waals surface area contributed by atoms with E-state index < -0.39 is 0 Å². The van der Waals surface area contributed by atoms with Gasteiger partial charge in [-0.3, -0.25) is 0 Å². The van der Waals surface area contributed by atoms with Crippen LogP contribution in [0.3, 0.4) is 0 Å². The molecule has 0 bridgehead atoms. The van der Waals surface area contributed by atoms with Gasteiger partial charge in [-0.2, -0.15) is 0 Å². The molecule has 4 heteroatoms. The highest BCUT2D eigenvalue weighted by atomic mass is 32.1. The molecule has 0 aliphatic carbocycles. The van der Waals surface area contributed by atoms with Gasteiger partial charge in [-0.1, -0.05) is 30.3 Å². The Morgan fingerprint density at radius 3 is 2.55 bits per heavy atom. The number of aromatic nitrogens is 1. The first-order valence-electron chi connectivity index (χ1n) is 7.03. The van der Waals surface area contributed by atoms with Crippen molar-refractivity contribution in [3.05, 3.63) is 51.5 Å². The van der Waals surface area contributed by atoms with Crippen LogP contribution in [0.15, 0.2) is 30.3 Å². The highest BCUT2D eigenvalue weighted by Gasteiger charge is 2.13. The molecule has 2 aromatic rings. The van der Waals surface area contributed by atoms with Crippen molar-refractivity contribution in [1.82, 2.24) is 10.3 Å². The summed E-state index contributed by atoms with van der Waals surface area (Å²) in [6.07, 6.45) is 0.904. The summed E-state index contributed by atoms with van der Waals surface area (Å²) in [5.74, 6) is 0. The van der Waals surface area contributed by atoms with Gasteiger partial charge in [-0.05, 0) is 32.8 Å². The zero-order valence-electron chi connectivity index (χ0n) is 12.4. The molecular formula is C16H23N3S. The standard InChI is InChI=1S/C16H23N3S/c1-11(16-12(2)19-13(3)20-16)18-10-15(17)9-14-7-5-4-6-8-14/h4-8,11,15,18H,9-10,17H2,1-3H3. The molecule has 20 heavy (non-hydrogen) atoms. The van der Waals surface area contributed by atoms with Crippen molar-refractivity contribution in [2.45, 2.75) is 39.3 Å². The largest absolute Gasteiger partial charge is 0.326 e. The summed E-state index contributed by atoms with van der Waals surface area (Å²) >= 11 is 1.76. The summed E-state index contributed by atoms with van der Waals surface area (Å²) in [5, 5.41) is 4.64. The number of nitrogens with two attached hydrogens (primary N) is 1. The molecule has 0 aliphatic rings. The average Bonchev–Trinajstić information content (AvgIpc) is 2.76. The molecule has 3 N–H and O–H groups in total. The molecule has 0 saturated carbocycles. The molecule has 3 nitrogen and oxygen atoms in total. The van der Waals surface area contributed by atoms with Gasteiger partial charge in [-0.15, -0.1) is 11.3 Å². The van der Waals surface area contributed by atoms with Crippen molar-refractivity contribution in [3.63, 3.8) is 0 Å². The number of aryl methyl sites for hydroxylation is 2. The van der Waals surface area contributed by atoms with Crippen LogP contribution in [0.5, 0.6) is 0 Å². The fourth-order valence-corrected chi connectivity index (χ4v) is 3.31. The smallest absolute Gasteiger partial charge is 0.0900 e. The monoisotopic (exact) mass is 289 g/mol. The van der Waals surface area contributed by atoms with E-state index in [-0.39, 0.29) is 6.04 Å². The van der Waals surface area contributed by atoms with E-state index in [9.17, 15) is 0 Å². The second kappa shape index (κ2) is 6.97. The summed E-state index contributed by atoms with van der Waals surface area (Å²) in [6, 6.07) is 10.8. The minimum absolute atomic E-state index is 0.133. The Hall–Kier alpha value is -1.23. The number of nitrogens with zero attached hydrogens (tertiary/aromatic N) is 1. The van der Waals surface area contributed by atoms with Gasteiger partial charge in [0, 0.05) is 23.5 Å². The van der Waals surface area contributed by atoms with Crippen molar-refractivity contribution < 1.29 is 0 Å². The summed E-state index contributed by atoms with van der Waals surface area (Å²) in [7, 11) is 0. The van der Waals surface area contributed by atoms with E-state index in [0.29, 0.717) is 6.04 Å². The van der Waals surface area contributed by atoms with Crippen LogP contribution in [-0.2, 0) is 6.42 Å². The molecule has 0 aliphatic heterocycles. The maximum atomic E-state index is 6.20. The molecule has 2 unspecified atom stereocenters. The second-order valence-electron chi connectivity index (χ2n) is 5.26. The van der Waals surface area contributed by atoms with Crippen molar-refractivity contribution in [1.29, 1.82) is 0 Å². The SMILES string of the molecule is Cc1nc(C)c(C(C)NCC(N)Cc2ccccc2)s1. The van der Waals surface area contributed by atoms with E-state index in [1.165, 1.54) is 10.4 Å². The third-order valence-electron chi connectivity index (χ3n) is 3.36. The topological polar surface area (TPSA) is 50.9 Å². The molecule has 0 fully saturated rings. The van der Waals surface area contributed by atoms with Crippen LogP contribution >= 0.6 is 11.3 Å². The van der Waals surface area contributed by atoms with Crippen molar-refractivity contribution in [2.75, 3.05) is 6.54 Å². The molecule has 0 amide bonds. The first-order valence-corrected chi connectivity index (χ1v) is 7.84. The van der Waals surface area contributed by atoms with Crippen LogP contribution in [0.4, 0.5) is 0 Å². The molecule has 0 radical (unpaired) electrons. The van der Waals surface area contributed by atoms with Gasteiger partial charge in [0.05, 0.1) is 10.7 Å². The summed E-state index contributed by atoms with van der Waals surface area (Å²) in [5.41, 5.74) is 8.62. The van der Waals surface area contributed by atoms with E-state index in [2.05, 4.69) is 55.3 Å². The van der Waals surface area contributed by atoms with Gasteiger partial charge in [-0.25, -0.2) is 4.98 Å². The van der Waals surface area contributed by atoms with Crippen LogP contribution in [0, 0.1) is 13.8 Å². The quantitative estimate of drug-likeness (QED) is 0.859. The average molecular weight is 289 g/mol. The second-order valence-corrected chi connectivity index (χ2v) is 6.50. The maximum Gasteiger partial charge on any atom is 0.0900 e. The lowest BCUT2D eigenvalue weighted by molar-refractivity contribution is 0.517. The highest BCUT2D eigenvalue weighted by molar-refractivity contribution is 7.11. The molecule has 0 spiro atoms. The Labute approximate surface area is 125 Å². The maximum absolute atomic E-state index is 6.20. The van der Waals surface area contributed by atoms with E-state index in [1.54, 1.807) is 11.3 Å². The van der Waals surface area contributed by atoms with Crippen LogP contribution in [0.2, 0.25) is 0 Å². The zero-order chi connectivity index (χ0) is 14.5. The van der Waals surface area contributed by atoms with Crippen molar-refractivity contribution in [2.24, 2.45) is 5.73 Å². The minimum Gasteiger partial charge on any atom is -0.326 e. The molecule has 108 valence electrons. The number of rotatable bonds is 6. The molecule has 1 heterocycles. The number of nitrogens with one attached hydrogen (secondary N) is 1. The number of hydrogen-bond donors (Lipinski definition) is 2. The summed E-state index contributed by atoms with van der Waals surface area (Å²) < 4.78 is 0. The van der Waals surface area contributed by atoms with Gasteiger partial charge >= 0.3 is 0 Å². The summed E-state index contributed by atoms with van der Waals surface area (Å²) in [4.78, 5) is 5.79. The molecule has 0 saturated heterocycles. The van der Waals surface area contributed by atoms with Crippen LogP contribution in [-0.4, -0.2) is 17.6 Å². The van der Waals surface area contributed by atoms with E-state index in [1.807, 2.05) is 6.07 Å². The highest BCUT2D eigenvalue weighted by Crippen LogP contribution is 2.24. The Bertz CT molecular complexity index is 536. The van der Waals surface area contributed by atoms with Gasteiger partial charge in [0.25, 0.3) is 0 Å². The number of hydrogen-bond acceptors (Lipinski definition) is 4. The van der Waals surface area contributed by atoms with E-state index in [4.69, 9.17) is 5.73 Å². The predicted octanol–water partition coefficient (Wildman–Crippen LogP) is 2.98. The Balaban J connectivity index is 1.84. The van der Waals surface area contributed by atoms with Crippen molar-refractivity contribution in [3.8, 4) is 0 Å². The Morgan fingerprint density at radius 1 is 1.25 bits per heavy atom. The van der Waals surface area contributed by atoms with Crippen LogP contribution < -0.4 is 11.1 Å². The number of thiazole rings is 1. The fraction of sp³-hybridized carbons (Fsp3) is 0.438. The number of benzene rings is 1. The Morgan fingerprint density at radius 2 is 1.95 bits per heavy atom. The van der Waals surface area contributed by atoms with Gasteiger partial charge in [0.1, 0.15) is 0 Å². The van der Waals surface area contributed by atoms with Gasteiger partial charge in [0.15, 0.2) is 0 Å². The third-order valence-corrected chi connectivity index (χ3v) is 4.62. The fourth-order valence-electron chi connectivity index (χ4n) is 2.36. The lowest BCUT2D eigenvalue weighted by Crippen LogP contribution is -2.36. The molecule has 2 atom stereocenters. The normalized spacial score (nSPS) is 14.2. The van der Waals surface area contributed by atoms with Gasteiger partial charge < -0.3 is 11.1 Å². The molecular weight excluding hydrogens is 266 g/mol. The minimum atomic E-state index is 0.133. The van der Waals surface area contributed by atoms with E-state index in [0.717, 1.165) is 23.7 Å². The van der Waals surface area contributed by atoms with E-state index >= 15 is 0 Å².